The summed E-state index contributed by atoms with van der Waals surface area (Å²) in [5, 5.41) is 2.86. The zero-order valence-corrected chi connectivity index (χ0v) is 13.7. The largest absolute Gasteiger partial charge is 0.477 e. The van der Waals surface area contributed by atoms with Gasteiger partial charge in [0.25, 0.3) is 5.91 Å². The third-order valence-corrected chi connectivity index (χ3v) is 3.15. The van der Waals surface area contributed by atoms with Gasteiger partial charge < -0.3 is 15.0 Å². The molecule has 122 valence electrons. The summed E-state index contributed by atoms with van der Waals surface area (Å²) in [6.07, 6.45) is 1.67. The molecule has 2 heterocycles. The number of rotatable bonds is 7. The minimum Gasteiger partial charge on any atom is -0.477 e. The average Bonchev–Trinajstić information content (AvgIpc) is 2.55. The minimum absolute atomic E-state index is 0.185. The second-order valence-electron chi connectivity index (χ2n) is 5.26. The Kier molecular flexibility index (Phi) is 6.05. The van der Waals surface area contributed by atoms with Crippen molar-refractivity contribution in [2.45, 2.75) is 6.92 Å². The van der Waals surface area contributed by atoms with Gasteiger partial charge in [-0.3, -0.25) is 4.79 Å². The number of hydrogen-bond donors (Lipinski definition) is 1. The highest BCUT2D eigenvalue weighted by atomic mass is 16.5. The van der Waals surface area contributed by atoms with Gasteiger partial charge in [0.05, 0.1) is 17.9 Å². The first-order valence-corrected chi connectivity index (χ1v) is 7.60. The molecule has 0 aliphatic heterocycles. The number of likely N-dealkylation sites (N-methyl/N-ethyl adjacent to an activating group) is 1. The van der Waals surface area contributed by atoms with Gasteiger partial charge in [-0.1, -0.05) is 6.07 Å². The number of carbonyl (C=O) groups excluding carboxylic acids is 1. The second-order valence-corrected chi connectivity index (χ2v) is 5.26. The lowest BCUT2D eigenvalue weighted by Gasteiger charge is -2.11. The second kappa shape index (κ2) is 8.24. The standard InChI is InChI=1S/C17H22N4O2/c1-4-23-17-13(7-6-10-19-17)14-8-5-9-15(20-14)16(22)18-11-12-21(2)3/h5-10H,4,11-12H2,1-3H3,(H,18,22). The van der Waals surface area contributed by atoms with Gasteiger partial charge in [-0.15, -0.1) is 0 Å². The first-order chi connectivity index (χ1) is 11.1. The van der Waals surface area contributed by atoms with E-state index in [1.807, 2.05) is 50.2 Å². The summed E-state index contributed by atoms with van der Waals surface area (Å²) in [6, 6.07) is 9.06. The average molecular weight is 314 g/mol. The van der Waals surface area contributed by atoms with Gasteiger partial charge in [0.2, 0.25) is 5.88 Å². The van der Waals surface area contributed by atoms with Gasteiger partial charge in [-0.2, -0.15) is 0 Å². The van der Waals surface area contributed by atoms with E-state index < -0.39 is 0 Å². The highest BCUT2D eigenvalue weighted by Crippen LogP contribution is 2.26. The van der Waals surface area contributed by atoms with Crippen LogP contribution in [0.15, 0.2) is 36.5 Å². The maximum atomic E-state index is 12.2. The van der Waals surface area contributed by atoms with Crippen LogP contribution < -0.4 is 10.1 Å². The number of nitrogens with one attached hydrogen (secondary N) is 1. The van der Waals surface area contributed by atoms with Crippen LogP contribution in [-0.4, -0.2) is 54.6 Å². The monoisotopic (exact) mass is 314 g/mol. The number of nitrogens with zero attached hydrogens (tertiary/aromatic N) is 3. The number of amides is 1. The number of aromatic nitrogens is 2. The molecule has 6 heteroatoms. The topological polar surface area (TPSA) is 67.3 Å². The fourth-order valence-electron chi connectivity index (χ4n) is 2.03. The van der Waals surface area contributed by atoms with Crippen LogP contribution in [0.1, 0.15) is 17.4 Å². The molecule has 6 nitrogen and oxygen atoms in total. The highest BCUT2D eigenvalue weighted by molar-refractivity contribution is 5.92. The normalized spacial score (nSPS) is 10.6. The minimum atomic E-state index is -0.185. The van der Waals surface area contributed by atoms with Gasteiger partial charge in [0.1, 0.15) is 5.69 Å². The molecular weight excluding hydrogens is 292 g/mol. The number of pyridine rings is 2. The summed E-state index contributed by atoms with van der Waals surface area (Å²) in [5.74, 6) is 0.336. The lowest BCUT2D eigenvalue weighted by atomic mass is 10.1. The molecule has 0 saturated carbocycles. The summed E-state index contributed by atoms with van der Waals surface area (Å²) in [6.45, 7) is 3.78. The molecule has 2 rings (SSSR count). The number of ether oxygens (including phenoxy) is 1. The smallest absolute Gasteiger partial charge is 0.269 e. The molecule has 0 radical (unpaired) electrons. The molecule has 0 saturated heterocycles. The van der Waals surface area contributed by atoms with Gasteiger partial charge in [-0.25, -0.2) is 9.97 Å². The van der Waals surface area contributed by atoms with Crippen molar-refractivity contribution in [3.05, 3.63) is 42.2 Å². The van der Waals surface area contributed by atoms with E-state index in [4.69, 9.17) is 4.74 Å². The molecule has 0 aliphatic carbocycles. The van der Waals surface area contributed by atoms with Crippen molar-refractivity contribution < 1.29 is 9.53 Å². The SMILES string of the molecule is CCOc1ncccc1-c1cccc(C(=O)NCCN(C)C)n1. The molecular formula is C17H22N4O2. The summed E-state index contributed by atoms with van der Waals surface area (Å²) >= 11 is 0. The number of carbonyl (C=O) groups is 1. The maximum absolute atomic E-state index is 12.2. The van der Waals surface area contributed by atoms with Crippen molar-refractivity contribution in [1.82, 2.24) is 20.2 Å². The van der Waals surface area contributed by atoms with E-state index in [0.29, 0.717) is 30.4 Å². The zero-order chi connectivity index (χ0) is 16.7. The molecule has 0 spiro atoms. The fraction of sp³-hybridized carbons (Fsp3) is 0.353. The quantitative estimate of drug-likeness (QED) is 0.844. The van der Waals surface area contributed by atoms with Gasteiger partial charge in [0, 0.05) is 19.3 Å². The van der Waals surface area contributed by atoms with E-state index in [-0.39, 0.29) is 5.91 Å². The molecule has 0 fully saturated rings. The predicted molar refractivity (Wildman–Crippen MR) is 89.5 cm³/mol. The van der Waals surface area contributed by atoms with E-state index >= 15 is 0 Å². The van der Waals surface area contributed by atoms with Gasteiger partial charge >= 0.3 is 0 Å². The van der Waals surface area contributed by atoms with Crippen LogP contribution in [0.5, 0.6) is 5.88 Å². The molecule has 1 amide bonds. The molecule has 0 atom stereocenters. The summed E-state index contributed by atoms with van der Waals surface area (Å²) in [7, 11) is 3.92. The predicted octanol–water partition coefficient (Wildman–Crippen LogP) is 1.83. The summed E-state index contributed by atoms with van der Waals surface area (Å²) in [4.78, 5) is 22.8. The first-order valence-electron chi connectivity index (χ1n) is 7.60. The van der Waals surface area contributed by atoms with Crippen LogP contribution in [0, 0.1) is 0 Å². The summed E-state index contributed by atoms with van der Waals surface area (Å²) < 4.78 is 5.53. The van der Waals surface area contributed by atoms with Crippen LogP contribution in [0.4, 0.5) is 0 Å². The Bertz CT molecular complexity index is 659. The molecule has 1 N–H and O–H groups in total. The number of hydrogen-bond acceptors (Lipinski definition) is 5. The Hall–Kier alpha value is -2.47. The van der Waals surface area contributed by atoms with Crippen LogP contribution in [0.2, 0.25) is 0 Å². The first kappa shape index (κ1) is 16.9. The Balaban J connectivity index is 2.18. The van der Waals surface area contributed by atoms with Crippen molar-refractivity contribution in [2.75, 3.05) is 33.8 Å². The molecule has 0 unspecified atom stereocenters. The van der Waals surface area contributed by atoms with E-state index in [2.05, 4.69) is 15.3 Å². The van der Waals surface area contributed by atoms with Crippen molar-refractivity contribution in [2.24, 2.45) is 0 Å². The maximum Gasteiger partial charge on any atom is 0.269 e. The Morgan fingerprint density at radius 2 is 2.09 bits per heavy atom. The van der Waals surface area contributed by atoms with E-state index in [9.17, 15) is 4.79 Å². The van der Waals surface area contributed by atoms with Crippen molar-refractivity contribution in [3.63, 3.8) is 0 Å². The van der Waals surface area contributed by atoms with Crippen LogP contribution in [0.3, 0.4) is 0 Å². The van der Waals surface area contributed by atoms with Crippen molar-refractivity contribution >= 4 is 5.91 Å². The Morgan fingerprint density at radius 3 is 2.83 bits per heavy atom. The lowest BCUT2D eigenvalue weighted by molar-refractivity contribution is 0.0946. The summed E-state index contributed by atoms with van der Waals surface area (Å²) in [5.41, 5.74) is 1.83. The zero-order valence-electron chi connectivity index (χ0n) is 13.7. The van der Waals surface area contributed by atoms with E-state index in [1.165, 1.54) is 0 Å². The van der Waals surface area contributed by atoms with E-state index in [1.54, 1.807) is 12.3 Å². The molecule has 0 aliphatic rings. The molecule has 2 aromatic rings. The molecule has 23 heavy (non-hydrogen) atoms. The Morgan fingerprint density at radius 1 is 1.26 bits per heavy atom. The van der Waals surface area contributed by atoms with Gasteiger partial charge in [-0.05, 0) is 45.3 Å². The molecule has 0 aromatic carbocycles. The third-order valence-electron chi connectivity index (χ3n) is 3.15. The fourth-order valence-corrected chi connectivity index (χ4v) is 2.03. The molecule has 2 aromatic heterocycles. The van der Waals surface area contributed by atoms with Crippen LogP contribution in [0.25, 0.3) is 11.3 Å². The Labute approximate surface area is 136 Å². The van der Waals surface area contributed by atoms with Gasteiger partial charge in [0.15, 0.2) is 0 Å². The highest BCUT2D eigenvalue weighted by Gasteiger charge is 2.12. The lowest BCUT2D eigenvalue weighted by Crippen LogP contribution is -2.31. The van der Waals surface area contributed by atoms with Crippen molar-refractivity contribution in [1.29, 1.82) is 0 Å². The van der Waals surface area contributed by atoms with Crippen LogP contribution >= 0.6 is 0 Å². The van der Waals surface area contributed by atoms with E-state index in [0.717, 1.165) is 12.1 Å². The third kappa shape index (κ3) is 4.75. The van der Waals surface area contributed by atoms with Crippen LogP contribution in [-0.2, 0) is 0 Å². The van der Waals surface area contributed by atoms with Crippen molar-refractivity contribution in [3.8, 4) is 17.1 Å². The molecule has 0 bridgehead atoms.